The molecule has 2 heterocycles. The molecule has 1 aromatic rings. The number of rotatable bonds is 5. The van der Waals surface area contributed by atoms with Crippen LogP contribution in [0.25, 0.3) is 0 Å². The molecule has 31 heavy (non-hydrogen) atoms. The molecule has 0 spiro atoms. The van der Waals surface area contributed by atoms with Crippen LogP contribution in [0.2, 0.25) is 0 Å². The highest BCUT2D eigenvalue weighted by molar-refractivity contribution is 5.14. The molecule has 3 aliphatic rings. The van der Waals surface area contributed by atoms with Crippen LogP contribution in [0, 0.1) is 10.8 Å². The predicted molar refractivity (Wildman–Crippen MR) is 129 cm³/mol. The number of aliphatic hydroxyl groups excluding tert-OH is 1. The summed E-state index contributed by atoms with van der Waals surface area (Å²) >= 11 is 0. The first-order chi connectivity index (χ1) is 14.7. The summed E-state index contributed by atoms with van der Waals surface area (Å²) in [6.45, 7) is 17.3. The predicted octanol–water partition coefficient (Wildman–Crippen LogP) is 3.89. The minimum absolute atomic E-state index is 0.210. The minimum Gasteiger partial charge on any atom is -0.390 e. The van der Waals surface area contributed by atoms with Crippen molar-refractivity contribution in [3.63, 3.8) is 0 Å². The van der Waals surface area contributed by atoms with E-state index in [4.69, 9.17) is 0 Å². The highest BCUT2D eigenvalue weighted by Crippen LogP contribution is 2.47. The second-order valence-electron chi connectivity index (χ2n) is 12.1. The Hall–Kier alpha value is -0.940. The average Bonchev–Trinajstić information content (AvgIpc) is 2.71. The van der Waals surface area contributed by atoms with Crippen LogP contribution in [0.1, 0.15) is 58.9 Å². The van der Waals surface area contributed by atoms with E-state index in [2.05, 4.69) is 72.7 Å². The third-order valence-corrected chi connectivity index (χ3v) is 8.06. The summed E-state index contributed by atoms with van der Waals surface area (Å²) < 4.78 is 0. The second-order valence-corrected chi connectivity index (χ2v) is 12.1. The van der Waals surface area contributed by atoms with E-state index >= 15 is 0 Å². The van der Waals surface area contributed by atoms with Gasteiger partial charge in [-0.1, -0.05) is 58.0 Å². The summed E-state index contributed by atoms with van der Waals surface area (Å²) in [7, 11) is 0. The lowest BCUT2D eigenvalue weighted by atomic mass is 9.63. The SMILES string of the molecule is CC1(C)CC(N2CC[C@@H](N3CCN(CCc4ccccc4)CC3)[C@H](O)C2)CC(C)(C)C1. The van der Waals surface area contributed by atoms with Gasteiger partial charge < -0.3 is 10.0 Å². The zero-order valence-electron chi connectivity index (χ0n) is 20.4. The number of nitrogens with zero attached hydrogens (tertiary/aromatic N) is 3. The molecule has 2 aliphatic heterocycles. The molecule has 2 saturated heterocycles. The smallest absolute Gasteiger partial charge is 0.0822 e. The Kier molecular flexibility index (Phi) is 7.12. The maximum Gasteiger partial charge on any atom is 0.0822 e. The fraction of sp³-hybridized carbons (Fsp3) is 0.778. The molecule has 0 unspecified atom stereocenters. The maximum atomic E-state index is 11.1. The zero-order chi connectivity index (χ0) is 22.1. The van der Waals surface area contributed by atoms with E-state index in [1.54, 1.807) is 0 Å². The van der Waals surface area contributed by atoms with Crippen LogP contribution in [-0.2, 0) is 6.42 Å². The molecule has 4 rings (SSSR count). The molecule has 4 heteroatoms. The maximum absolute atomic E-state index is 11.1. The van der Waals surface area contributed by atoms with E-state index in [0.717, 1.165) is 58.7 Å². The third-order valence-electron chi connectivity index (χ3n) is 8.06. The highest BCUT2D eigenvalue weighted by Gasteiger charge is 2.43. The first kappa shape index (κ1) is 23.2. The Morgan fingerprint density at radius 2 is 1.52 bits per heavy atom. The molecule has 0 amide bonds. The van der Waals surface area contributed by atoms with Gasteiger partial charge >= 0.3 is 0 Å². The van der Waals surface area contributed by atoms with Crippen LogP contribution in [0.3, 0.4) is 0 Å². The summed E-state index contributed by atoms with van der Waals surface area (Å²) in [5, 5.41) is 11.1. The number of likely N-dealkylation sites (tertiary alicyclic amines) is 1. The molecular formula is C27H45N3O. The number of β-amino-alcohol motifs (C(OH)–C–C–N with tert-alkyl or cyclic N) is 1. The molecule has 174 valence electrons. The van der Waals surface area contributed by atoms with Crippen LogP contribution in [0.15, 0.2) is 30.3 Å². The highest BCUT2D eigenvalue weighted by atomic mass is 16.3. The van der Waals surface area contributed by atoms with Crippen molar-refractivity contribution in [2.45, 2.75) is 78.0 Å². The molecule has 1 aromatic carbocycles. The fourth-order valence-corrected chi connectivity index (χ4v) is 7.00. The summed E-state index contributed by atoms with van der Waals surface area (Å²) in [5.74, 6) is 0. The molecular weight excluding hydrogens is 382 g/mol. The van der Waals surface area contributed by atoms with Crippen molar-refractivity contribution in [1.82, 2.24) is 14.7 Å². The van der Waals surface area contributed by atoms with Crippen molar-refractivity contribution < 1.29 is 5.11 Å². The molecule has 4 nitrogen and oxygen atoms in total. The van der Waals surface area contributed by atoms with Crippen molar-refractivity contribution in [2.75, 3.05) is 45.8 Å². The molecule has 0 aromatic heterocycles. The van der Waals surface area contributed by atoms with Gasteiger partial charge in [-0.3, -0.25) is 9.80 Å². The van der Waals surface area contributed by atoms with Crippen LogP contribution >= 0.6 is 0 Å². The van der Waals surface area contributed by atoms with Crippen LogP contribution in [0.5, 0.6) is 0 Å². The molecule has 1 aliphatic carbocycles. The number of benzene rings is 1. The van der Waals surface area contributed by atoms with Gasteiger partial charge in [0, 0.05) is 57.9 Å². The van der Waals surface area contributed by atoms with Gasteiger partial charge in [-0.15, -0.1) is 0 Å². The summed E-state index contributed by atoms with van der Waals surface area (Å²) in [6, 6.07) is 11.8. The number of piperazine rings is 1. The van der Waals surface area contributed by atoms with E-state index in [9.17, 15) is 5.11 Å². The average molecular weight is 428 g/mol. The topological polar surface area (TPSA) is 30.0 Å². The first-order valence-corrected chi connectivity index (χ1v) is 12.6. The van der Waals surface area contributed by atoms with Crippen LogP contribution < -0.4 is 0 Å². The number of aliphatic hydroxyl groups is 1. The Morgan fingerprint density at radius 3 is 2.13 bits per heavy atom. The van der Waals surface area contributed by atoms with E-state index in [1.165, 1.54) is 24.8 Å². The summed E-state index contributed by atoms with van der Waals surface area (Å²) in [5.41, 5.74) is 2.25. The van der Waals surface area contributed by atoms with Gasteiger partial charge in [-0.2, -0.15) is 0 Å². The Balaban J connectivity index is 1.24. The Bertz CT molecular complexity index is 680. The number of hydrogen-bond acceptors (Lipinski definition) is 4. The van der Waals surface area contributed by atoms with Gasteiger partial charge in [0.1, 0.15) is 0 Å². The number of piperidine rings is 1. The van der Waals surface area contributed by atoms with E-state index < -0.39 is 0 Å². The van der Waals surface area contributed by atoms with Crippen molar-refractivity contribution in [1.29, 1.82) is 0 Å². The van der Waals surface area contributed by atoms with Crippen molar-refractivity contribution in [3.8, 4) is 0 Å². The standard InChI is InChI=1S/C27H45N3O/c1-26(2)18-23(19-27(3,4)21-26)30-13-11-24(25(31)20-30)29-16-14-28(15-17-29)12-10-22-8-6-5-7-9-22/h5-9,23-25,31H,10-21H2,1-4H3/t24-,25-/m1/s1. The van der Waals surface area contributed by atoms with Gasteiger partial charge in [0.2, 0.25) is 0 Å². The quantitative estimate of drug-likeness (QED) is 0.772. The van der Waals surface area contributed by atoms with Crippen molar-refractivity contribution >= 4 is 0 Å². The minimum atomic E-state index is -0.210. The van der Waals surface area contributed by atoms with E-state index in [-0.39, 0.29) is 6.10 Å². The Labute approximate surface area is 190 Å². The van der Waals surface area contributed by atoms with Crippen molar-refractivity contribution in [3.05, 3.63) is 35.9 Å². The largest absolute Gasteiger partial charge is 0.390 e. The first-order valence-electron chi connectivity index (χ1n) is 12.6. The van der Waals surface area contributed by atoms with Gasteiger partial charge in [0.15, 0.2) is 0 Å². The molecule has 2 atom stereocenters. The van der Waals surface area contributed by atoms with Gasteiger partial charge in [0.05, 0.1) is 6.10 Å². The second kappa shape index (κ2) is 9.51. The van der Waals surface area contributed by atoms with Gasteiger partial charge in [-0.05, 0) is 48.5 Å². The molecule has 0 bridgehead atoms. The monoisotopic (exact) mass is 427 g/mol. The van der Waals surface area contributed by atoms with Gasteiger partial charge in [0.25, 0.3) is 0 Å². The van der Waals surface area contributed by atoms with Crippen LogP contribution in [-0.4, -0.2) is 83.8 Å². The number of hydrogen-bond donors (Lipinski definition) is 1. The van der Waals surface area contributed by atoms with E-state index in [1.807, 2.05) is 0 Å². The molecule has 3 fully saturated rings. The van der Waals surface area contributed by atoms with Crippen molar-refractivity contribution in [2.24, 2.45) is 10.8 Å². The van der Waals surface area contributed by atoms with Crippen LogP contribution in [0.4, 0.5) is 0 Å². The summed E-state index contributed by atoms with van der Waals surface area (Å²) in [6.07, 6.45) is 5.89. The molecule has 0 radical (unpaired) electrons. The fourth-order valence-electron chi connectivity index (χ4n) is 7.00. The zero-order valence-corrected chi connectivity index (χ0v) is 20.4. The lowest BCUT2D eigenvalue weighted by molar-refractivity contribution is -0.0604. The lowest BCUT2D eigenvalue weighted by Gasteiger charge is -2.52. The molecule has 1 N–H and O–H groups in total. The normalized spacial score (nSPS) is 31.0. The summed E-state index contributed by atoms with van der Waals surface area (Å²) in [4.78, 5) is 7.80. The Morgan fingerprint density at radius 1 is 0.871 bits per heavy atom. The van der Waals surface area contributed by atoms with E-state index in [0.29, 0.717) is 22.9 Å². The van der Waals surface area contributed by atoms with Gasteiger partial charge in [-0.25, -0.2) is 0 Å². The lowest BCUT2D eigenvalue weighted by Crippen LogP contribution is -2.61. The molecule has 1 saturated carbocycles. The third kappa shape index (κ3) is 6.10.